The Labute approximate surface area is 245 Å². The van der Waals surface area contributed by atoms with E-state index in [1.807, 2.05) is 0 Å². The monoisotopic (exact) mass is 639 g/mol. The van der Waals surface area contributed by atoms with Crippen LogP contribution in [0.3, 0.4) is 0 Å². The molecule has 216 valence electrons. The summed E-state index contributed by atoms with van der Waals surface area (Å²) in [6.45, 7) is 6.77. The van der Waals surface area contributed by atoms with E-state index < -0.39 is 45.6 Å². The first-order chi connectivity index (χ1) is 18.6. The first-order valence-corrected chi connectivity index (χ1v) is 13.5. The molecule has 0 fully saturated rings. The van der Waals surface area contributed by atoms with Crippen LogP contribution < -0.4 is 5.32 Å². The highest BCUT2D eigenvalue weighted by atomic mass is 79.9. The number of hydrogen-bond acceptors (Lipinski definition) is 10. The van der Waals surface area contributed by atoms with Crippen LogP contribution in [0.25, 0.3) is 0 Å². The van der Waals surface area contributed by atoms with Crippen LogP contribution in [0.5, 0.6) is 0 Å². The predicted octanol–water partition coefficient (Wildman–Crippen LogP) is 4.13. The average Bonchev–Trinajstić information content (AvgIpc) is 2.87. The number of Topliss-reactive ketones (excluding diaryl/α,β-unsaturated/α-hetero) is 3. The zero-order chi connectivity index (χ0) is 30.3. The van der Waals surface area contributed by atoms with E-state index in [-0.39, 0.29) is 49.4 Å². The Kier molecular flexibility index (Phi) is 11.4. The van der Waals surface area contributed by atoms with Gasteiger partial charge in [-0.1, -0.05) is 27.5 Å². The van der Waals surface area contributed by atoms with E-state index in [2.05, 4.69) is 21.2 Å². The number of carbonyl (C=O) groups is 6. The quantitative estimate of drug-likeness (QED) is 0.117. The van der Waals surface area contributed by atoms with Crippen LogP contribution in [0.15, 0.2) is 51.1 Å². The van der Waals surface area contributed by atoms with Gasteiger partial charge in [0.25, 0.3) is 0 Å². The van der Waals surface area contributed by atoms with Crippen LogP contribution in [0.2, 0.25) is 0 Å². The molecule has 0 saturated carbocycles. The van der Waals surface area contributed by atoms with Gasteiger partial charge in [-0.25, -0.2) is 4.79 Å². The fourth-order valence-electron chi connectivity index (χ4n) is 3.66. The maximum Gasteiger partial charge on any atom is 0.338 e. The highest BCUT2D eigenvalue weighted by Crippen LogP contribution is 2.37. The number of ketones is 3. The van der Waals surface area contributed by atoms with Crippen molar-refractivity contribution in [2.75, 3.05) is 13.2 Å². The third-order valence-corrected chi connectivity index (χ3v) is 6.71. The molecule has 10 nitrogen and oxygen atoms in total. The topological polar surface area (TPSA) is 142 Å². The van der Waals surface area contributed by atoms with Crippen molar-refractivity contribution in [1.82, 2.24) is 5.32 Å². The van der Waals surface area contributed by atoms with Crippen LogP contribution in [0, 0.1) is 0 Å². The molecule has 0 spiro atoms. The number of carbonyl (C=O) groups excluding carboxylic acids is 6. The lowest BCUT2D eigenvalue weighted by Gasteiger charge is -2.33. The SMILES string of the molecule is CC(=O)OCCCC(=O)CC1=C(Cl)C(=O)C(C)(OC(C)=O)C(=O)/C1=C\NC(C)(C)COC(=O)c1ccc(Br)cc1. The van der Waals surface area contributed by atoms with Crippen LogP contribution in [0.4, 0.5) is 0 Å². The van der Waals surface area contributed by atoms with E-state index in [4.69, 9.17) is 25.8 Å². The molecule has 1 aromatic rings. The molecule has 0 amide bonds. The van der Waals surface area contributed by atoms with Gasteiger partial charge in [0, 0.05) is 42.9 Å². The molecule has 40 heavy (non-hydrogen) atoms. The number of halogens is 2. The van der Waals surface area contributed by atoms with Crippen molar-refractivity contribution in [2.24, 2.45) is 0 Å². The lowest BCUT2D eigenvalue weighted by molar-refractivity contribution is -0.167. The highest BCUT2D eigenvalue weighted by Gasteiger charge is 2.52. The first-order valence-electron chi connectivity index (χ1n) is 12.3. The summed E-state index contributed by atoms with van der Waals surface area (Å²) in [6.07, 6.45) is 1.15. The Bertz CT molecular complexity index is 1270. The van der Waals surface area contributed by atoms with Gasteiger partial charge in [0.1, 0.15) is 12.4 Å². The number of allylic oxidation sites excluding steroid dienone is 1. The molecule has 0 bridgehead atoms. The summed E-state index contributed by atoms with van der Waals surface area (Å²) in [5.74, 6) is -4.07. The molecule has 0 aromatic heterocycles. The van der Waals surface area contributed by atoms with Crippen molar-refractivity contribution in [2.45, 2.75) is 65.0 Å². The lowest BCUT2D eigenvalue weighted by Crippen LogP contribution is -2.52. The van der Waals surface area contributed by atoms with Gasteiger partial charge in [-0.05, 0) is 57.0 Å². The predicted molar refractivity (Wildman–Crippen MR) is 148 cm³/mol. The minimum Gasteiger partial charge on any atom is -0.466 e. The Balaban J connectivity index is 2.29. The highest BCUT2D eigenvalue weighted by molar-refractivity contribution is 9.10. The van der Waals surface area contributed by atoms with Gasteiger partial charge in [-0.2, -0.15) is 0 Å². The number of ether oxygens (including phenoxy) is 3. The smallest absolute Gasteiger partial charge is 0.338 e. The van der Waals surface area contributed by atoms with Crippen molar-refractivity contribution in [3.8, 4) is 0 Å². The Morgan fingerprint density at radius 1 is 1.02 bits per heavy atom. The summed E-state index contributed by atoms with van der Waals surface area (Å²) in [5, 5.41) is 2.58. The molecular formula is C28H31BrClNO9. The Morgan fingerprint density at radius 3 is 2.23 bits per heavy atom. The van der Waals surface area contributed by atoms with E-state index in [1.54, 1.807) is 38.1 Å². The third-order valence-electron chi connectivity index (χ3n) is 5.78. The number of rotatable bonds is 12. The Morgan fingerprint density at radius 2 is 1.65 bits per heavy atom. The molecule has 2 rings (SSSR count). The minimum atomic E-state index is -2.23. The molecule has 1 aromatic carbocycles. The van der Waals surface area contributed by atoms with Gasteiger partial charge in [0.15, 0.2) is 0 Å². The van der Waals surface area contributed by atoms with E-state index in [0.717, 1.165) is 18.3 Å². The molecule has 1 aliphatic rings. The molecule has 12 heteroatoms. The molecule has 0 heterocycles. The van der Waals surface area contributed by atoms with Crippen molar-refractivity contribution >= 4 is 62.8 Å². The lowest BCUT2D eigenvalue weighted by atomic mass is 9.79. The number of nitrogens with one attached hydrogen (secondary N) is 1. The van der Waals surface area contributed by atoms with Gasteiger partial charge >= 0.3 is 17.9 Å². The maximum absolute atomic E-state index is 13.5. The number of benzene rings is 1. The number of hydrogen-bond donors (Lipinski definition) is 1. The summed E-state index contributed by atoms with van der Waals surface area (Å²) in [4.78, 5) is 74.3. The summed E-state index contributed by atoms with van der Waals surface area (Å²) < 4.78 is 16.1. The molecule has 1 atom stereocenters. The van der Waals surface area contributed by atoms with Gasteiger partial charge < -0.3 is 19.5 Å². The minimum absolute atomic E-state index is 0.00273. The largest absolute Gasteiger partial charge is 0.466 e. The zero-order valence-corrected chi connectivity index (χ0v) is 25.2. The second-order valence-electron chi connectivity index (χ2n) is 9.91. The molecule has 1 aliphatic carbocycles. The molecular weight excluding hydrogens is 610 g/mol. The standard InChI is InChI=1S/C28H31BrClNO9/c1-16(32)38-12-6-7-20(34)13-21-22(24(35)28(5,40-17(2)33)25(36)23(21)30)14-31-27(3,4)15-39-26(37)18-8-10-19(29)11-9-18/h8-11,14,31H,6-7,12-13,15H2,1-5H3/b22-14-. The fourth-order valence-corrected chi connectivity index (χ4v) is 4.28. The van der Waals surface area contributed by atoms with E-state index in [1.165, 1.54) is 13.1 Å². The van der Waals surface area contributed by atoms with Gasteiger partial charge in [-0.3, -0.25) is 24.0 Å². The van der Waals surface area contributed by atoms with Crippen molar-refractivity contribution in [1.29, 1.82) is 0 Å². The van der Waals surface area contributed by atoms with Gasteiger partial charge in [0.2, 0.25) is 17.2 Å². The zero-order valence-electron chi connectivity index (χ0n) is 22.9. The van der Waals surface area contributed by atoms with E-state index in [0.29, 0.717) is 5.56 Å². The summed E-state index contributed by atoms with van der Waals surface area (Å²) in [7, 11) is 0. The van der Waals surface area contributed by atoms with Gasteiger partial charge in [0.05, 0.1) is 22.7 Å². The van der Waals surface area contributed by atoms with Gasteiger partial charge in [-0.15, -0.1) is 0 Å². The van der Waals surface area contributed by atoms with Crippen molar-refractivity contribution in [3.63, 3.8) is 0 Å². The van der Waals surface area contributed by atoms with Crippen molar-refractivity contribution < 1.29 is 43.0 Å². The summed E-state index contributed by atoms with van der Waals surface area (Å²) in [6, 6.07) is 6.61. The second kappa shape index (κ2) is 13.8. The van der Waals surface area contributed by atoms with Crippen LogP contribution in [-0.2, 0) is 38.2 Å². The molecule has 0 radical (unpaired) electrons. The fraction of sp³-hybridized carbons (Fsp3) is 0.429. The maximum atomic E-state index is 13.5. The normalized spacial score (nSPS) is 18.4. The summed E-state index contributed by atoms with van der Waals surface area (Å²) >= 11 is 9.66. The van der Waals surface area contributed by atoms with Crippen LogP contribution in [-0.4, -0.2) is 59.6 Å². The molecule has 1 unspecified atom stereocenters. The second-order valence-corrected chi connectivity index (χ2v) is 11.2. The van der Waals surface area contributed by atoms with Crippen molar-refractivity contribution in [3.05, 3.63) is 56.7 Å². The number of esters is 3. The first kappa shape index (κ1) is 32.9. The average molecular weight is 641 g/mol. The van der Waals surface area contributed by atoms with Crippen LogP contribution in [0.1, 0.15) is 64.2 Å². The summed E-state index contributed by atoms with van der Waals surface area (Å²) in [5.41, 5.74) is -2.96. The molecule has 0 aliphatic heterocycles. The third kappa shape index (κ3) is 8.85. The van der Waals surface area contributed by atoms with Crippen LogP contribution >= 0.6 is 27.5 Å². The molecule has 1 N–H and O–H groups in total. The Hall–Kier alpha value is -3.31. The van der Waals surface area contributed by atoms with E-state index in [9.17, 15) is 28.8 Å². The molecule has 0 saturated heterocycles. The van der Waals surface area contributed by atoms with E-state index >= 15 is 0 Å².